The van der Waals surface area contributed by atoms with Crippen LogP contribution >= 0.6 is 0 Å². The number of ether oxygens (including phenoxy) is 4. The van der Waals surface area contributed by atoms with Gasteiger partial charge in [0.05, 0.1) is 0 Å². The first-order valence-corrected chi connectivity index (χ1v) is 10.0. The van der Waals surface area contributed by atoms with Gasteiger partial charge in [-0.05, 0) is 63.1 Å². The molecule has 4 aliphatic rings. The van der Waals surface area contributed by atoms with Crippen LogP contribution in [0.3, 0.4) is 0 Å². The van der Waals surface area contributed by atoms with Crippen LogP contribution < -0.4 is 9.47 Å². The summed E-state index contributed by atoms with van der Waals surface area (Å²) in [5.41, 5.74) is 0.129. The van der Waals surface area contributed by atoms with Crippen LogP contribution in [0.5, 0.6) is 11.5 Å². The summed E-state index contributed by atoms with van der Waals surface area (Å²) in [6.07, 6.45) is -1.66. The highest BCUT2D eigenvalue weighted by Gasteiger charge is 2.68. The summed E-state index contributed by atoms with van der Waals surface area (Å²) < 4.78 is 24.1. The average Bonchev–Trinajstić information content (AvgIpc) is 3.06. The standard InChI is InChI=1S/C23H28O6/c1-5-26-19-15-7-11-17(12-8-15)28-22(19,24)21(3,4)23(25)20(27-6-2)16-9-13-18(29-23)14-10-16/h7-14,19-20,24-25H,5-6H2,1-4H3. The third-order valence-electron chi connectivity index (χ3n) is 6.08. The number of fused-ring (bicyclic) bond motifs is 8. The van der Waals surface area contributed by atoms with Gasteiger partial charge in [-0.15, -0.1) is 0 Å². The second-order valence-corrected chi connectivity index (χ2v) is 8.03. The molecular weight excluding hydrogens is 372 g/mol. The van der Waals surface area contributed by atoms with Crippen LogP contribution in [0.25, 0.3) is 0 Å². The summed E-state index contributed by atoms with van der Waals surface area (Å²) in [6, 6.07) is 14.6. The van der Waals surface area contributed by atoms with E-state index in [4.69, 9.17) is 18.9 Å². The normalized spacial score (nSPS) is 30.4. The number of hydrogen-bond acceptors (Lipinski definition) is 6. The van der Waals surface area contributed by atoms with E-state index < -0.39 is 29.2 Å². The van der Waals surface area contributed by atoms with Crippen LogP contribution in [0, 0.1) is 5.41 Å². The van der Waals surface area contributed by atoms with E-state index in [2.05, 4.69) is 0 Å². The lowest BCUT2D eigenvalue weighted by molar-refractivity contribution is -0.376. The minimum absolute atomic E-state index is 0.360. The van der Waals surface area contributed by atoms with Gasteiger partial charge < -0.3 is 29.2 Å². The van der Waals surface area contributed by atoms with E-state index in [1.54, 1.807) is 38.1 Å². The molecule has 6 nitrogen and oxygen atoms in total. The fourth-order valence-corrected chi connectivity index (χ4v) is 4.26. The van der Waals surface area contributed by atoms with Crippen LogP contribution in [-0.4, -0.2) is 35.0 Å². The molecule has 0 spiro atoms. The predicted octanol–water partition coefficient (Wildman–Crippen LogP) is 3.73. The molecule has 6 heteroatoms. The van der Waals surface area contributed by atoms with Crippen molar-refractivity contribution in [2.24, 2.45) is 5.41 Å². The molecule has 4 heterocycles. The Morgan fingerprint density at radius 1 is 0.759 bits per heavy atom. The van der Waals surface area contributed by atoms with E-state index in [1.165, 1.54) is 0 Å². The highest BCUT2D eigenvalue weighted by molar-refractivity contribution is 5.37. The topological polar surface area (TPSA) is 77.4 Å². The molecular formula is C23H28O6. The first-order chi connectivity index (χ1) is 13.8. The van der Waals surface area contributed by atoms with E-state index in [0.29, 0.717) is 24.7 Å². The zero-order valence-corrected chi connectivity index (χ0v) is 17.2. The van der Waals surface area contributed by atoms with Crippen LogP contribution in [0.4, 0.5) is 0 Å². The maximum atomic E-state index is 12.0. The van der Waals surface area contributed by atoms with Crippen LogP contribution in [0.2, 0.25) is 0 Å². The third kappa shape index (κ3) is 2.86. The van der Waals surface area contributed by atoms with Crippen LogP contribution in [0.1, 0.15) is 51.0 Å². The summed E-state index contributed by atoms with van der Waals surface area (Å²) in [7, 11) is 0. The third-order valence-corrected chi connectivity index (χ3v) is 6.08. The molecule has 156 valence electrons. The fourth-order valence-electron chi connectivity index (χ4n) is 4.26. The lowest BCUT2D eigenvalue weighted by atomic mass is 9.69. The molecule has 4 aliphatic heterocycles. The van der Waals surface area contributed by atoms with Crippen molar-refractivity contribution in [3.05, 3.63) is 59.7 Å². The molecule has 6 rings (SSSR count). The molecule has 0 radical (unpaired) electrons. The Kier molecular flexibility index (Phi) is 4.86. The summed E-state index contributed by atoms with van der Waals surface area (Å²) in [5, 5.41) is 24.0. The van der Waals surface area contributed by atoms with Gasteiger partial charge >= 0.3 is 0 Å². The van der Waals surface area contributed by atoms with Gasteiger partial charge in [-0.2, -0.15) is 0 Å². The van der Waals surface area contributed by atoms with Crippen LogP contribution in [-0.2, 0) is 9.47 Å². The van der Waals surface area contributed by atoms with Crippen molar-refractivity contribution in [3.63, 3.8) is 0 Å². The molecule has 0 saturated heterocycles. The number of rotatable bonds is 6. The van der Waals surface area contributed by atoms with Gasteiger partial charge in [0.25, 0.3) is 0 Å². The molecule has 2 aromatic carbocycles. The number of hydrogen-bond donors (Lipinski definition) is 2. The average molecular weight is 400 g/mol. The summed E-state index contributed by atoms with van der Waals surface area (Å²) in [4.78, 5) is 0. The Morgan fingerprint density at radius 3 is 1.41 bits per heavy atom. The molecule has 4 atom stereocenters. The lowest BCUT2D eigenvalue weighted by Crippen LogP contribution is -2.68. The Hall–Kier alpha value is -2.12. The smallest absolute Gasteiger partial charge is 0.250 e. The zero-order valence-electron chi connectivity index (χ0n) is 17.2. The van der Waals surface area contributed by atoms with E-state index >= 15 is 0 Å². The monoisotopic (exact) mass is 400 g/mol. The fraction of sp³-hybridized carbons (Fsp3) is 0.478. The van der Waals surface area contributed by atoms with Crippen molar-refractivity contribution >= 4 is 0 Å². The van der Waals surface area contributed by atoms with Crippen molar-refractivity contribution in [2.45, 2.75) is 51.5 Å². The number of aliphatic hydroxyl groups is 2. The van der Waals surface area contributed by atoms with E-state index in [1.807, 2.05) is 38.1 Å². The van der Waals surface area contributed by atoms with Crippen molar-refractivity contribution < 1.29 is 29.2 Å². The highest BCUT2D eigenvalue weighted by Crippen LogP contribution is 2.56. The van der Waals surface area contributed by atoms with Gasteiger partial charge in [0.2, 0.25) is 11.6 Å². The van der Waals surface area contributed by atoms with Crippen molar-refractivity contribution in [1.29, 1.82) is 0 Å². The number of benzene rings is 2. The largest absolute Gasteiger partial charge is 0.458 e. The van der Waals surface area contributed by atoms with Crippen molar-refractivity contribution in [2.75, 3.05) is 13.2 Å². The van der Waals surface area contributed by atoms with Gasteiger partial charge in [0, 0.05) is 13.2 Å². The molecule has 29 heavy (non-hydrogen) atoms. The highest BCUT2D eigenvalue weighted by atomic mass is 16.7. The second-order valence-electron chi connectivity index (χ2n) is 8.03. The van der Waals surface area contributed by atoms with Gasteiger partial charge in [-0.25, -0.2) is 0 Å². The van der Waals surface area contributed by atoms with E-state index in [9.17, 15) is 10.2 Å². The molecule has 0 saturated carbocycles. The maximum absolute atomic E-state index is 12.0. The first kappa shape index (κ1) is 20.2. The summed E-state index contributed by atoms with van der Waals surface area (Å²) in [6.45, 7) is 7.85. The molecule has 0 amide bonds. The zero-order chi connectivity index (χ0) is 20.9. The van der Waals surface area contributed by atoms with Crippen LogP contribution in [0.15, 0.2) is 48.5 Å². The summed E-state index contributed by atoms with van der Waals surface area (Å²) in [5.74, 6) is -2.90. The van der Waals surface area contributed by atoms with E-state index in [-0.39, 0.29) is 0 Å². The second kappa shape index (κ2) is 6.99. The Labute approximate surface area is 171 Å². The first-order valence-electron chi connectivity index (χ1n) is 10.0. The molecule has 0 aromatic heterocycles. The van der Waals surface area contributed by atoms with Gasteiger partial charge in [-0.1, -0.05) is 24.3 Å². The molecule has 4 bridgehead atoms. The molecule has 0 aliphatic carbocycles. The Morgan fingerprint density at radius 2 is 1.10 bits per heavy atom. The summed E-state index contributed by atoms with van der Waals surface area (Å²) >= 11 is 0. The minimum Gasteiger partial charge on any atom is -0.458 e. The van der Waals surface area contributed by atoms with Gasteiger partial charge in [-0.3, -0.25) is 0 Å². The van der Waals surface area contributed by atoms with Gasteiger partial charge in [0.15, 0.2) is 0 Å². The minimum atomic E-state index is -1.93. The van der Waals surface area contributed by atoms with Gasteiger partial charge in [0.1, 0.15) is 29.1 Å². The molecule has 0 fully saturated rings. The van der Waals surface area contributed by atoms with Crippen molar-refractivity contribution in [3.8, 4) is 11.5 Å². The quantitative estimate of drug-likeness (QED) is 0.769. The Bertz CT molecular complexity index is 790. The molecule has 2 aromatic rings. The maximum Gasteiger partial charge on any atom is 0.250 e. The molecule has 2 N–H and O–H groups in total. The Balaban J connectivity index is 1.85. The predicted molar refractivity (Wildman–Crippen MR) is 107 cm³/mol. The SMILES string of the molecule is CCOC1c2ccc(cc2)OC1(O)C(C)(C)C1(O)Oc2ccc(cc2)C1OCC. The lowest BCUT2D eigenvalue weighted by Gasteiger charge is -2.53. The van der Waals surface area contributed by atoms with Crippen molar-refractivity contribution in [1.82, 2.24) is 0 Å². The molecule has 4 unspecified atom stereocenters. The van der Waals surface area contributed by atoms with E-state index in [0.717, 1.165) is 11.1 Å².